The number of nitrogens with zero attached hydrogens (tertiary/aromatic N) is 5. The molecular weight excluding hydrogens is 540 g/mol. The third kappa shape index (κ3) is 6.01. The zero-order valence-electron chi connectivity index (χ0n) is 23.6. The van der Waals surface area contributed by atoms with Crippen LogP contribution in [0.15, 0.2) is 48.5 Å². The standard InChI is InChI=1S/C30H30N6O6/c1-16(2)40-27-25-21(14-31)35-36(26(25)33-30(32)34-27)24-13-22(42-29(38)20-11-7-18(4)8-12-20)23(41-24)15-39-28(37)19-9-5-17(3)6-10-19/h5-12,16,22-24H,13,15H2,1-4H3,(H2,32,33,34)/t22-,23+,24+/m0/s1. The number of aryl methyl sites for hydroxylation is 2. The second-order valence-electron chi connectivity index (χ2n) is 10.3. The number of anilines is 1. The first-order valence-corrected chi connectivity index (χ1v) is 13.4. The molecule has 2 aromatic carbocycles. The van der Waals surface area contributed by atoms with Gasteiger partial charge < -0.3 is 24.7 Å². The summed E-state index contributed by atoms with van der Waals surface area (Å²) < 4.78 is 24.8. The first-order valence-electron chi connectivity index (χ1n) is 13.4. The van der Waals surface area contributed by atoms with Gasteiger partial charge in [-0.3, -0.25) is 0 Å². The zero-order chi connectivity index (χ0) is 30.0. The van der Waals surface area contributed by atoms with Crippen molar-refractivity contribution in [1.29, 1.82) is 5.26 Å². The molecule has 3 heterocycles. The van der Waals surface area contributed by atoms with Crippen molar-refractivity contribution in [2.24, 2.45) is 0 Å². The maximum absolute atomic E-state index is 13.0. The van der Waals surface area contributed by atoms with E-state index in [0.29, 0.717) is 11.1 Å². The molecule has 1 fully saturated rings. The van der Waals surface area contributed by atoms with Crippen LogP contribution in [0.4, 0.5) is 5.95 Å². The normalized spacial score (nSPS) is 18.1. The van der Waals surface area contributed by atoms with Gasteiger partial charge in [-0.15, -0.1) is 0 Å². The predicted molar refractivity (Wildman–Crippen MR) is 151 cm³/mol. The molecule has 1 aliphatic rings. The molecule has 2 N–H and O–H groups in total. The Balaban J connectivity index is 1.44. The lowest BCUT2D eigenvalue weighted by molar-refractivity contribution is -0.0590. The number of carbonyl (C=O) groups is 2. The fourth-order valence-electron chi connectivity index (χ4n) is 4.56. The molecule has 12 nitrogen and oxygen atoms in total. The van der Waals surface area contributed by atoms with Crippen LogP contribution in [-0.4, -0.2) is 56.6 Å². The molecule has 0 saturated carbocycles. The molecule has 0 unspecified atom stereocenters. The lowest BCUT2D eigenvalue weighted by Gasteiger charge is -2.19. The SMILES string of the molecule is Cc1ccc(C(=O)OC[C@H]2O[C@@H](n3nc(C#N)c4c(OC(C)C)nc(N)nc43)C[C@@H]2OC(=O)c2ccc(C)cc2)cc1. The smallest absolute Gasteiger partial charge is 0.338 e. The Morgan fingerprint density at radius 2 is 1.67 bits per heavy atom. The third-order valence-corrected chi connectivity index (χ3v) is 6.65. The van der Waals surface area contributed by atoms with Crippen molar-refractivity contribution in [2.75, 3.05) is 12.3 Å². The molecule has 12 heteroatoms. The van der Waals surface area contributed by atoms with E-state index in [0.717, 1.165) is 11.1 Å². The predicted octanol–water partition coefficient (Wildman–Crippen LogP) is 4.05. The second kappa shape index (κ2) is 11.8. The van der Waals surface area contributed by atoms with Gasteiger partial charge in [-0.1, -0.05) is 35.4 Å². The Morgan fingerprint density at radius 3 is 2.26 bits per heavy atom. The van der Waals surface area contributed by atoms with Gasteiger partial charge in [-0.25, -0.2) is 14.3 Å². The van der Waals surface area contributed by atoms with Crippen LogP contribution in [0.1, 0.15) is 64.0 Å². The number of ether oxygens (including phenoxy) is 4. The van der Waals surface area contributed by atoms with E-state index in [1.165, 1.54) is 4.68 Å². The van der Waals surface area contributed by atoms with Crippen LogP contribution < -0.4 is 10.5 Å². The number of carbonyl (C=O) groups excluding carboxylic acids is 2. The average Bonchev–Trinajstić information content (AvgIpc) is 3.52. The molecule has 5 rings (SSSR count). The number of benzene rings is 2. The number of nitrogens with two attached hydrogens (primary N) is 1. The number of nitriles is 1. The molecule has 216 valence electrons. The molecule has 0 spiro atoms. The van der Waals surface area contributed by atoms with E-state index >= 15 is 0 Å². The number of nitrogen functional groups attached to an aromatic ring is 1. The van der Waals surface area contributed by atoms with Gasteiger partial charge in [-0.2, -0.15) is 20.3 Å². The molecule has 42 heavy (non-hydrogen) atoms. The number of fused-ring (bicyclic) bond motifs is 1. The number of hydrogen-bond acceptors (Lipinski definition) is 11. The van der Waals surface area contributed by atoms with Gasteiger partial charge in [-0.05, 0) is 52.0 Å². The van der Waals surface area contributed by atoms with Gasteiger partial charge >= 0.3 is 11.9 Å². The maximum Gasteiger partial charge on any atom is 0.338 e. The topological polar surface area (TPSA) is 164 Å². The van der Waals surface area contributed by atoms with E-state index in [9.17, 15) is 14.9 Å². The van der Waals surface area contributed by atoms with E-state index < -0.39 is 30.4 Å². The summed E-state index contributed by atoms with van der Waals surface area (Å²) in [4.78, 5) is 34.2. The molecule has 0 radical (unpaired) electrons. The molecule has 3 atom stereocenters. The van der Waals surface area contributed by atoms with Crippen LogP contribution in [-0.2, 0) is 14.2 Å². The molecular formula is C30H30N6O6. The van der Waals surface area contributed by atoms with Crippen LogP contribution in [0.3, 0.4) is 0 Å². The summed E-state index contributed by atoms with van der Waals surface area (Å²) in [6, 6.07) is 16.0. The van der Waals surface area contributed by atoms with Crippen molar-refractivity contribution < 1.29 is 28.5 Å². The lowest BCUT2D eigenvalue weighted by atomic mass is 10.1. The highest BCUT2D eigenvalue weighted by Crippen LogP contribution is 2.36. The van der Waals surface area contributed by atoms with Crippen molar-refractivity contribution in [3.63, 3.8) is 0 Å². The minimum atomic E-state index is -0.839. The Kier molecular flexibility index (Phi) is 8.04. The summed E-state index contributed by atoms with van der Waals surface area (Å²) >= 11 is 0. The lowest BCUT2D eigenvalue weighted by Crippen LogP contribution is -2.32. The number of aromatic nitrogens is 4. The molecule has 1 saturated heterocycles. The highest BCUT2D eigenvalue weighted by atomic mass is 16.6. The average molecular weight is 571 g/mol. The summed E-state index contributed by atoms with van der Waals surface area (Å²) in [7, 11) is 0. The third-order valence-electron chi connectivity index (χ3n) is 6.65. The summed E-state index contributed by atoms with van der Waals surface area (Å²) in [5.41, 5.74) is 8.96. The zero-order valence-corrected chi connectivity index (χ0v) is 23.6. The molecule has 0 aliphatic carbocycles. The van der Waals surface area contributed by atoms with Crippen LogP contribution >= 0.6 is 0 Å². The van der Waals surface area contributed by atoms with Crippen molar-refractivity contribution in [1.82, 2.24) is 19.7 Å². The molecule has 2 aromatic heterocycles. The first-order chi connectivity index (χ1) is 20.1. The highest BCUT2D eigenvalue weighted by molar-refractivity contribution is 5.90. The molecule has 1 aliphatic heterocycles. The summed E-state index contributed by atoms with van der Waals surface area (Å²) in [6.07, 6.45) is -2.61. The Hall–Kier alpha value is -5.02. The van der Waals surface area contributed by atoms with E-state index in [1.807, 2.05) is 58.0 Å². The highest BCUT2D eigenvalue weighted by Gasteiger charge is 2.42. The minimum absolute atomic E-state index is 0.0201. The number of rotatable bonds is 8. The van der Waals surface area contributed by atoms with Gasteiger partial charge in [0.2, 0.25) is 11.8 Å². The fourth-order valence-corrected chi connectivity index (χ4v) is 4.56. The van der Waals surface area contributed by atoms with E-state index in [2.05, 4.69) is 15.1 Å². The first kappa shape index (κ1) is 28.5. The Bertz CT molecular complexity index is 1660. The monoisotopic (exact) mass is 570 g/mol. The Labute approximate surface area is 242 Å². The van der Waals surface area contributed by atoms with Crippen LogP contribution in [0.2, 0.25) is 0 Å². The van der Waals surface area contributed by atoms with E-state index in [1.54, 1.807) is 24.3 Å². The minimum Gasteiger partial charge on any atom is -0.474 e. The molecule has 4 aromatic rings. The maximum atomic E-state index is 13.0. The fraction of sp³-hybridized carbons (Fsp3) is 0.333. The van der Waals surface area contributed by atoms with E-state index in [-0.39, 0.29) is 47.7 Å². The number of hydrogen-bond donors (Lipinski definition) is 1. The van der Waals surface area contributed by atoms with Gasteiger partial charge in [0.05, 0.1) is 17.2 Å². The van der Waals surface area contributed by atoms with Crippen LogP contribution in [0, 0.1) is 25.2 Å². The second-order valence-corrected chi connectivity index (χ2v) is 10.3. The van der Waals surface area contributed by atoms with E-state index in [4.69, 9.17) is 24.7 Å². The van der Waals surface area contributed by atoms with Crippen LogP contribution in [0.5, 0.6) is 5.88 Å². The van der Waals surface area contributed by atoms with Crippen molar-refractivity contribution in [3.05, 3.63) is 76.5 Å². The molecule has 0 bridgehead atoms. The molecule has 0 amide bonds. The quantitative estimate of drug-likeness (QED) is 0.304. The van der Waals surface area contributed by atoms with Gasteiger partial charge in [0.1, 0.15) is 30.3 Å². The Morgan fingerprint density at radius 1 is 1.05 bits per heavy atom. The van der Waals surface area contributed by atoms with Crippen molar-refractivity contribution in [3.8, 4) is 11.9 Å². The van der Waals surface area contributed by atoms with Crippen molar-refractivity contribution in [2.45, 2.75) is 58.7 Å². The van der Waals surface area contributed by atoms with Gasteiger partial charge in [0, 0.05) is 6.42 Å². The number of esters is 2. The summed E-state index contributed by atoms with van der Waals surface area (Å²) in [5, 5.41) is 14.5. The van der Waals surface area contributed by atoms with Crippen molar-refractivity contribution >= 4 is 28.9 Å². The van der Waals surface area contributed by atoms with Gasteiger partial charge in [0.25, 0.3) is 0 Å². The van der Waals surface area contributed by atoms with Gasteiger partial charge in [0.15, 0.2) is 17.6 Å². The summed E-state index contributed by atoms with van der Waals surface area (Å²) in [6.45, 7) is 7.27. The largest absolute Gasteiger partial charge is 0.474 e. The summed E-state index contributed by atoms with van der Waals surface area (Å²) in [5.74, 6) is -1.05. The van der Waals surface area contributed by atoms with Crippen LogP contribution in [0.25, 0.3) is 11.0 Å².